The summed E-state index contributed by atoms with van der Waals surface area (Å²) >= 11 is -0.00108. The Morgan fingerprint density at radius 3 is 1.40 bits per heavy atom. The van der Waals surface area contributed by atoms with Crippen LogP contribution in [0, 0.1) is 6.07 Å². The molecular formula is C43H24Cl2F12Zr-2. The number of fused-ring (bicyclic) bond motifs is 8. The molecule has 0 aliphatic heterocycles. The molecule has 300 valence electrons. The first-order valence-corrected chi connectivity index (χ1v) is 17.7. The monoisotopic (exact) mass is 928 g/mol. The van der Waals surface area contributed by atoms with Gasteiger partial charge in [-0.1, -0.05) is 53.9 Å². The van der Waals surface area contributed by atoms with Crippen molar-refractivity contribution in [1.82, 2.24) is 0 Å². The molecule has 1 aliphatic carbocycles. The molecule has 0 heterocycles. The van der Waals surface area contributed by atoms with E-state index in [1.165, 1.54) is 43.8 Å². The van der Waals surface area contributed by atoms with Gasteiger partial charge >= 0.3 is 175 Å². The second-order valence-corrected chi connectivity index (χ2v) is 13.8. The SMILES string of the molecule is FC(F)(F)c1cc([C](=[Zr+2])c2cc(C(F)(F)F)cc(C(F)(F)F)c2)cc(C(F)(F)F)c1.[Cl-].[Cl-].[c-]1cccc2c1c1c(c3ccccc32)-c2ccccc2C1.c1cc[cH-]c1. The van der Waals surface area contributed by atoms with Crippen LogP contribution in [0.1, 0.15) is 44.5 Å². The fourth-order valence-corrected chi connectivity index (χ4v) is 7.12. The van der Waals surface area contributed by atoms with Crippen molar-refractivity contribution in [2.75, 3.05) is 0 Å². The van der Waals surface area contributed by atoms with Gasteiger partial charge in [-0.2, -0.15) is 18.2 Å². The number of hydrogen-bond donors (Lipinski definition) is 0. The first-order valence-electron chi connectivity index (χ1n) is 16.5. The summed E-state index contributed by atoms with van der Waals surface area (Å²) in [5.41, 5.74) is -2.87. The van der Waals surface area contributed by atoms with Crippen molar-refractivity contribution >= 4 is 24.8 Å². The Morgan fingerprint density at radius 1 is 0.517 bits per heavy atom. The molecule has 7 aromatic rings. The number of halogens is 14. The van der Waals surface area contributed by atoms with E-state index in [0.29, 0.717) is 0 Å². The van der Waals surface area contributed by atoms with Crippen molar-refractivity contribution in [1.29, 1.82) is 0 Å². The van der Waals surface area contributed by atoms with Crippen LogP contribution >= 0.6 is 0 Å². The molecule has 8 rings (SSSR count). The molecular weight excluding hydrogens is 907 g/mol. The summed E-state index contributed by atoms with van der Waals surface area (Å²) in [5.74, 6) is 0. The molecule has 0 aromatic heterocycles. The molecule has 0 atom stereocenters. The van der Waals surface area contributed by atoms with E-state index in [0.717, 1.165) is 6.42 Å². The van der Waals surface area contributed by atoms with E-state index in [-0.39, 0.29) is 85.4 Å². The predicted octanol–water partition coefficient (Wildman–Crippen LogP) is 7.66. The van der Waals surface area contributed by atoms with Crippen LogP contribution < -0.4 is 24.8 Å². The molecule has 0 N–H and O–H groups in total. The van der Waals surface area contributed by atoms with Crippen molar-refractivity contribution in [3.8, 4) is 11.1 Å². The first-order chi connectivity index (χ1) is 26.2. The van der Waals surface area contributed by atoms with Gasteiger partial charge in [0.05, 0.1) is 0 Å². The minimum absolute atomic E-state index is 0. The fraction of sp³-hybridized carbons (Fsp3) is 0.116. The van der Waals surface area contributed by atoms with Crippen LogP contribution in [0.5, 0.6) is 0 Å². The van der Waals surface area contributed by atoms with Crippen molar-refractivity contribution in [3.63, 3.8) is 0 Å². The smallest absolute Gasteiger partial charge is 0.0240 e. The van der Waals surface area contributed by atoms with Gasteiger partial charge in [0.15, 0.2) is 0 Å². The Labute approximate surface area is 351 Å². The molecule has 1 aliphatic rings. The molecule has 0 amide bonds. The largest absolute Gasteiger partial charge is 1.00 e. The number of hydrogen-bond acceptors (Lipinski definition) is 0. The molecule has 0 radical (unpaired) electrons. The quantitative estimate of drug-likeness (QED) is 0.0951. The van der Waals surface area contributed by atoms with E-state index in [1.54, 1.807) is 0 Å². The second-order valence-electron chi connectivity index (χ2n) is 12.6. The van der Waals surface area contributed by atoms with Crippen molar-refractivity contribution < 1.29 is 102 Å². The summed E-state index contributed by atoms with van der Waals surface area (Å²) in [5, 5.41) is 5.30. The van der Waals surface area contributed by atoms with Gasteiger partial charge < -0.3 is 24.8 Å². The molecule has 0 bridgehead atoms. The van der Waals surface area contributed by atoms with Crippen LogP contribution in [0.2, 0.25) is 0 Å². The first kappa shape index (κ1) is 46.4. The summed E-state index contributed by atoms with van der Waals surface area (Å²) < 4.78 is 155. The maximum atomic E-state index is 13.0. The van der Waals surface area contributed by atoms with E-state index in [2.05, 4.69) is 66.7 Å². The topological polar surface area (TPSA) is 0 Å². The zero-order valence-electron chi connectivity index (χ0n) is 29.2. The van der Waals surface area contributed by atoms with E-state index in [9.17, 15) is 52.7 Å². The van der Waals surface area contributed by atoms with Gasteiger partial charge in [-0.25, -0.2) is 12.1 Å². The summed E-state index contributed by atoms with van der Waals surface area (Å²) in [4.78, 5) is 0. The van der Waals surface area contributed by atoms with E-state index in [4.69, 9.17) is 0 Å². The van der Waals surface area contributed by atoms with Crippen LogP contribution in [0.4, 0.5) is 52.7 Å². The van der Waals surface area contributed by atoms with E-state index < -0.39 is 61.3 Å². The molecule has 58 heavy (non-hydrogen) atoms. The van der Waals surface area contributed by atoms with Gasteiger partial charge in [0.25, 0.3) is 0 Å². The molecule has 15 heteroatoms. The Kier molecular flexibility index (Phi) is 14.3. The van der Waals surface area contributed by atoms with Crippen molar-refractivity contribution in [3.05, 3.63) is 184 Å². The average Bonchev–Trinajstić information content (AvgIpc) is 3.86. The van der Waals surface area contributed by atoms with Crippen molar-refractivity contribution in [2.24, 2.45) is 0 Å². The van der Waals surface area contributed by atoms with Gasteiger partial charge in [-0.05, 0) is 28.5 Å². The zero-order chi connectivity index (χ0) is 40.6. The fourth-order valence-electron chi connectivity index (χ4n) is 6.41. The average molecular weight is 931 g/mol. The van der Waals surface area contributed by atoms with Gasteiger partial charge in [0, 0.05) is 0 Å². The van der Waals surface area contributed by atoms with Crippen molar-refractivity contribution in [2.45, 2.75) is 31.1 Å². The molecule has 0 saturated carbocycles. The summed E-state index contributed by atoms with van der Waals surface area (Å²) in [7, 11) is 0. The number of rotatable bonds is 2. The molecule has 0 unspecified atom stereocenters. The number of alkyl halides is 12. The predicted molar refractivity (Wildman–Crippen MR) is 187 cm³/mol. The van der Waals surface area contributed by atoms with Gasteiger partial charge in [-0.15, -0.1) is 40.6 Å². The molecule has 0 nitrogen and oxygen atoms in total. The Morgan fingerprint density at radius 2 is 0.948 bits per heavy atom. The summed E-state index contributed by atoms with van der Waals surface area (Å²) in [6.45, 7) is 0. The Balaban J connectivity index is 0.000000229. The van der Waals surface area contributed by atoms with Crippen LogP contribution in [0.25, 0.3) is 32.7 Å². The second kappa shape index (κ2) is 17.9. The third-order valence-electron chi connectivity index (χ3n) is 8.91. The molecule has 7 aromatic carbocycles. The Bertz CT molecular complexity index is 2370. The van der Waals surface area contributed by atoms with Crippen LogP contribution in [-0.4, -0.2) is 3.21 Å². The van der Waals surface area contributed by atoms with E-state index >= 15 is 0 Å². The van der Waals surface area contributed by atoms with Crippen LogP contribution in [0.15, 0.2) is 133 Å². The normalized spacial score (nSPS) is 12.2. The molecule has 0 spiro atoms. The maximum Gasteiger partial charge on any atom is -0.0240 e. The minimum Gasteiger partial charge on any atom is -1.00 e. The molecule has 0 fully saturated rings. The summed E-state index contributed by atoms with van der Waals surface area (Å²) in [6, 6.07) is 37.9. The third-order valence-corrected chi connectivity index (χ3v) is 10.3. The maximum absolute atomic E-state index is 13.0. The van der Waals surface area contributed by atoms with Gasteiger partial charge in [0.2, 0.25) is 0 Å². The van der Waals surface area contributed by atoms with Gasteiger partial charge in [0.1, 0.15) is 0 Å². The standard InChI is InChI=1S/C21H13.C17H6F12.C5H5.2ClH.Zr/c1-2-8-15-14(7-1)13-20-18-11-4-3-9-16(18)17-10-5-6-12-19(17)21(15)20;18-14(19,20)10-2-8(3-11(6-10)15(21,22)23)1-9-4-12(16(24,25)26)7-13(5-9)17(27,28)29;1-2-4-5-3-1;;;/h1-10,12H,13H2;2-7H;1-5H;2*1H;/q-1;;-1;;;+2/p-2. The molecule has 0 saturated heterocycles. The van der Waals surface area contributed by atoms with Gasteiger partial charge in [-0.3, -0.25) is 0 Å². The Hall–Kier alpha value is -4.32. The van der Waals surface area contributed by atoms with Crippen LogP contribution in [0.3, 0.4) is 0 Å². The van der Waals surface area contributed by atoms with Crippen LogP contribution in [-0.2, 0) is 55.4 Å². The zero-order valence-corrected chi connectivity index (χ0v) is 33.2. The summed E-state index contributed by atoms with van der Waals surface area (Å²) in [6.07, 6.45) is -19.9. The third kappa shape index (κ3) is 10.3. The van der Waals surface area contributed by atoms with E-state index in [1.807, 2.05) is 36.4 Å². The number of benzene rings is 6. The minimum atomic E-state index is -5.22.